The number of carbonyl (C=O) groups excluding carboxylic acids is 2. The van der Waals surface area contributed by atoms with Crippen LogP contribution in [0.5, 0.6) is 0 Å². The van der Waals surface area contributed by atoms with Gasteiger partial charge in [-0.1, -0.05) is 23.2 Å². The quantitative estimate of drug-likeness (QED) is 0.901. The molecule has 1 aromatic rings. The van der Waals surface area contributed by atoms with E-state index in [1.165, 1.54) is 0 Å². The molecule has 2 rings (SSSR count). The molecule has 0 atom stereocenters. The molecule has 1 aliphatic heterocycles. The monoisotopic (exact) mass is 358 g/mol. The highest BCUT2D eigenvalue weighted by Crippen LogP contribution is 2.25. The second-order valence-corrected chi connectivity index (χ2v) is 6.46. The van der Waals surface area contributed by atoms with Crippen molar-refractivity contribution in [2.24, 2.45) is 0 Å². The van der Waals surface area contributed by atoms with Gasteiger partial charge in [-0.05, 0) is 18.2 Å². The van der Waals surface area contributed by atoms with E-state index in [0.29, 0.717) is 41.9 Å². The maximum Gasteiger partial charge on any atom is 0.319 e. The van der Waals surface area contributed by atoms with Gasteiger partial charge in [-0.15, -0.1) is 0 Å². The van der Waals surface area contributed by atoms with Crippen molar-refractivity contribution in [2.45, 2.75) is 0 Å². The minimum absolute atomic E-state index is 0.00190. The molecule has 8 heteroatoms. The van der Waals surface area contributed by atoms with E-state index in [4.69, 9.17) is 23.2 Å². The summed E-state index contributed by atoms with van der Waals surface area (Å²) in [4.78, 5) is 29.3. The molecule has 0 aliphatic carbocycles. The number of nitrogens with one attached hydrogen (secondary N) is 1. The lowest BCUT2D eigenvalue weighted by Crippen LogP contribution is -2.52. The lowest BCUT2D eigenvalue weighted by molar-refractivity contribution is -0.117. The molecular weight excluding hydrogens is 339 g/mol. The van der Waals surface area contributed by atoms with Gasteiger partial charge in [0.2, 0.25) is 5.91 Å². The Kier molecular flexibility index (Phi) is 6.10. The molecule has 1 fully saturated rings. The van der Waals surface area contributed by atoms with Gasteiger partial charge in [0.1, 0.15) is 0 Å². The van der Waals surface area contributed by atoms with Gasteiger partial charge in [-0.25, -0.2) is 4.79 Å². The molecule has 0 bridgehead atoms. The van der Waals surface area contributed by atoms with Gasteiger partial charge in [0, 0.05) is 45.3 Å². The lowest BCUT2D eigenvalue weighted by Gasteiger charge is -2.35. The molecule has 0 spiro atoms. The maximum atomic E-state index is 12.1. The summed E-state index contributed by atoms with van der Waals surface area (Å²) in [5.74, 6) is -0.137. The molecule has 126 valence electrons. The number of benzene rings is 1. The number of hydrogen-bond donors (Lipinski definition) is 1. The van der Waals surface area contributed by atoms with Crippen LogP contribution in [0.4, 0.5) is 10.5 Å². The number of nitrogens with zero attached hydrogens (tertiary/aromatic N) is 3. The van der Waals surface area contributed by atoms with E-state index in [9.17, 15) is 9.59 Å². The van der Waals surface area contributed by atoms with E-state index >= 15 is 0 Å². The summed E-state index contributed by atoms with van der Waals surface area (Å²) >= 11 is 11.9. The van der Waals surface area contributed by atoms with E-state index < -0.39 is 0 Å². The smallest absolute Gasteiger partial charge is 0.319 e. The van der Waals surface area contributed by atoms with Crippen LogP contribution in [0, 0.1) is 0 Å². The molecule has 23 heavy (non-hydrogen) atoms. The number of amides is 3. The van der Waals surface area contributed by atoms with E-state index in [0.717, 1.165) is 0 Å². The van der Waals surface area contributed by atoms with Crippen molar-refractivity contribution >= 4 is 40.8 Å². The van der Waals surface area contributed by atoms with Crippen LogP contribution < -0.4 is 5.32 Å². The van der Waals surface area contributed by atoms with Crippen LogP contribution >= 0.6 is 23.2 Å². The van der Waals surface area contributed by atoms with E-state index in [1.807, 2.05) is 4.90 Å². The number of rotatable bonds is 3. The highest BCUT2D eigenvalue weighted by molar-refractivity contribution is 6.36. The van der Waals surface area contributed by atoms with Crippen LogP contribution in [0.3, 0.4) is 0 Å². The summed E-state index contributed by atoms with van der Waals surface area (Å²) in [6.45, 7) is 2.84. The Morgan fingerprint density at radius 3 is 2.39 bits per heavy atom. The molecule has 1 N–H and O–H groups in total. The summed E-state index contributed by atoms with van der Waals surface area (Å²) in [5.41, 5.74) is 0.544. The van der Waals surface area contributed by atoms with Gasteiger partial charge < -0.3 is 15.1 Å². The fourth-order valence-electron chi connectivity index (χ4n) is 2.36. The van der Waals surface area contributed by atoms with E-state index in [2.05, 4.69) is 5.32 Å². The minimum Gasteiger partial charge on any atom is -0.331 e. The van der Waals surface area contributed by atoms with Crippen LogP contribution in [-0.2, 0) is 4.79 Å². The molecule has 0 aromatic heterocycles. The molecule has 1 aliphatic rings. The van der Waals surface area contributed by atoms with Crippen molar-refractivity contribution in [3.05, 3.63) is 28.2 Å². The van der Waals surface area contributed by atoms with Gasteiger partial charge in [0.15, 0.2) is 0 Å². The normalized spacial score (nSPS) is 15.4. The zero-order valence-corrected chi connectivity index (χ0v) is 14.7. The number of hydrogen-bond acceptors (Lipinski definition) is 3. The standard InChI is InChI=1S/C15H20Cl2N4O2/c1-19(2)15(23)21-7-5-20(6-8-21)10-14(22)18-13-4-3-11(16)9-12(13)17/h3-4,9H,5-8,10H2,1-2H3,(H,18,22). The molecule has 1 saturated heterocycles. The van der Waals surface area contributed by atoms with Crippen molar-refractivity contribution in [1.29, 1.82) is 0 Å². The van der Waals surface area contributed by atoms with Gasteiger partial charge in [-0.3, -0.25) is 9.69 Å². The van der Waals surface area contributed by atoms with E-state index in [-0.39, 0.29) is 18.5 Å². The minimum atomic E-state index is -0.137. The summed E-state index contributed by atoms with van der Waals surface area (Å²) in [7, 11) is 3.47. The number of piperazine rings is 1. The molecule has 0 unspecified atom stereocenters. The topological polar surface area (TPSA) is 55.9 Å². The fourth-order valence-corrected chi connectivity index (χ4v) is 2.82. The average molecular weight is 359 g/mol. The zero-order valence-electron chi connectivity index (χ0n) is 13.2. The third-order valence-electron chi connectivity index (χ3n) is 3.60. The second kappa shape index (κ2) is 7.86. The number of anilines is 1. The number of halogens is 2. The Morgan fingerprint density at radius 2 is 1.83 bits per heavy atom. The van der Waals surface area contributed by atoms with Crippen molar-refractivity contribution in [3.63, 3.8) is 0 Å². The first-order valence-corrected chi connectivity index (χ1v) is 8.06. The summed E-state index contributed by atoms with van der Waals surface area (Å²) < 4.78 is 0. The highest BCUT2D eigenvalue weighted by Gasteiger charge is 2.23. The Bertz CT molecular complexity index is 587. The van der Waals surface area contributed by atoms with Gasteiger partial charge in [0.25, 0.3) is 0 Å². The summed E-state index contributed by atoms with van der Waals surface area (Å²) in [6.07, 6.45) is 0. The molecule has 1 aromatic carbocycles. The Hall–Kier alpha value is -1.50. The fraction of sp³-hybridized carbons (Fsp3) is 0.467. The van der Waals surface area contributed by atoms with Crippen LogP contribution in [0.2, 0.25) is 10.0 Å². The van der Waals surface area contributed by atoms with Crippen LogP contribution in [-0.4, -0.2) is 73.5 Å². The van der Waals surface area contributed by atoms with Crippen molar-refractivity contribution in [2.75, 3.05) is 52.1 Å². The molecule has 3 amide bonds. The molecule has 6 nitrogen and oxygen atoms in total. The van der Waals surface area contributed by atoms with Crippen molar-refractivity contribution < 1.29 is 9.59 Å². The highest BCUT2D eigenvalue weighted by atomic mass is 35.5. The molecular formula is C15H20Cl2N4O2. The first-order valence-electron chi connectivity index (χ1n) is 7.30. The summed E-state index contributed by atoms with van der Waals surface area (Å²) in [5, 5.41) is 3.71. The van der Waals surface area contributed by atoms with Gasteiger partial charge in [-0.2, -0.15) is 0 Å². The molecule has 0 radical (unpaired) electrons. The average Bonchev–Trinajstić information content (AvgIpc) is 2.50. The molecule has 1 heterocycles. The van der Waals surface area contributed by atoms with Gasteiger partial charge in [0.05, 0.1) is 17.3 Å². The number of urea groups is 1. The maximum absolute atomic E-state index is 12.1. The third kappa shape index (κ3) is 4.99. The van der Waals surface area contributed by atoms with Crippen molar-refractivity contribution in [3.8, 4) is 0 Å². The van der Waals surface area contributed by atoms with Crippen molar-refractivity contribution in [1.82, 2.24) is 14.7 Å². The Morgan fingerprint density at radius 1 is 1.17 bits per heavy atom. The predicted octanol–water partition coefficient (Wildman–Crippen LogP) is 2.23. The Balaban J connectivity index is 1.82. The van der Waals surface area contributed by atoms with E-state index in [1.54, 1.807) is 42.1 Å². The first kappa shape index (κ1) is 17.8. The lowest BCUT2D eigenvalue weighted by atomic mass is 10.3. The largest absolute Gasteiger partial charge is 0.331 e. The third-order valence-corrected chi connectivity index (χ3v) is 4.15. The Labute approximate surface area is 145 Å². The summed E-state index contributed by atoms with van der Waals surface area (Å²) in [6, 6.07) is 4.94. The van der Waals surface area contributed by atoms with Crippen LogP contribution in [0.25, 0.3) is 0 Å². The van der Waals surface area contributed by atoms with Crippen LogP contribution in [0.1, 0.15) is 0 Å². The molecule has 0 saturated carbocycles. The van der Waals surface area contributed by atoms with Gasteiger partial charge >= 0.3 is 6.03 Å². The SMILES string of the molecule is CN(C)C(=O)N1CCN(CC(=O)Nc2ccc(Cl)cc2Cl)CC1. The van der Waals surface area contributed by atoms with Crippen LogP contribution in [0.15, 0.2) is 18.2 Å². The number of carbonyl (C=O) groups is 2. The first-order chi connectivity index (χ1) is 10.9. The predicted molar refractivity (Wildman–Crippen MR) is 92.2 cm³/mol. The second-order valence-electron chi connectivity index (χ2n) is 5.61. The zero-order chi connectivity index (χ0) is 17.0.